The first-order chi connectivity index (χ1) is 5.04. The molecular formula is C5H3BrF3NS. The van der Waals surface area contributed by atoms with Crippen molar-refractivity contribution in [2.45, 2.75) is 11.5 Å². The molecule has 0 bridgehead atoms. The van der Waals surface area contributed by atoms with E-state index in [2.05, 4.69) is 20.3 Å². The van der Waals surface area contributed by atoms with Crippen molar-refractivity contribution in [1.82, 2.24) is 4.37 Å². The van der Waals surface area contributed by atoms with Crippen LogP contribution in [0.5, 0.6) is 0 Å². The highest BCUT2D eigenvalue weighted by atomic mass is 79.9. The van der Waals surface area contributed by atoms with Gasteiger partial charge in [0, 0.05) is 10.2 Å². The number of alkyl halides is 4. The van der Waals surface area contributed by atoms with E-state index in [9.17, 15) is 13.2 Å². The monoisotopic (exact) mass is 245 g/mol. The second-order valence-corrected chi connectivity index (χ2v) is 3.26. The van der Waals surface area contributed by atoms with Crippen LogP contribution in [0.2, 0.25) is 0 Å². The van der Waals surface area contributed by atoms with Gasteiger partial charge in [0.2, 0.25) is 0 Å². The molecule has 0 aromatic carbocycles. The highest BCUT2D eigenvalue weighted by Gasteiger charge is 2.33. The quantitative estimate of drug-likeness (QED) is 0.694. The van der Waals surface area contributed by atoms with E-state index in [1.807, 2.05) is 0 Å². The van der Waals surface area contributed by atoms with Crippen molar-refractivity contribution in [1.29, 1.82) is 0 Å². The van der Waals surface area contributed by atoms with Crippen molar-refractivity contribution in [3.05, 3.63) is 16.6 Å². The molecule has 1 heterocycles. The number of nitrogens with zero attached hydrogens (tertiary/aromatic N) is 1. The number of aromatic nitrogens is 1. The maximum absolute atomic E-state index is 11.9. The van der Waals surface area contributed by atoms with Gasteiger partial charge in [0.1, 0.15) is 0 Å². The minimum Gasteiger partial charge on any atom is -0.188 e. The Kier molecular flexibility index (Phi) is 2.54. The average Bonchev–Trinajstić information content (AvgIpc) is 2.32. The zero-order chi connectivity index (χ0) is 8.48. The smallest absolute Gasteiger partial charge is 0.188 e. The Hall–Kier alpha value is -0.100. The van der Waals surface area contributed by atoms with Crippen molar-refractivity contribution in [2.75, 3.05) is 0 Å². The van der Waals surface area contributed by atoms with Gasteiger partial charge in [-0.3, -0.25) is 0 Å². The minimum absolute atomic E-state index is 0.417. The molecule has 1 nitrogen and oxygen atoms in total. The second-order valence-electron chi connectivity index (χ2n) is 1.81. The standard InChI is InChI=1S/C5H3BrF3NS/c6-2-3-1-4(10-11-3)5(7,8)9/h1H,2H2. The molecule has 0 aliphatic rings. The van der Waals surface area contributed by atoms with E-state index in [0.717, 1.165) is 17.6 Å². The maximum atomic E-state index is 11.9. The van der Waals surface area contributed by atoms with Gasteiger partial charge in [-0.2, -0.15) is 17.5 Å². The number of hydrogen-bond donors (Lipinski definition) is 0. The van der Waals surface area contributed by atoms with E-state index < -0.39 is 11.9 Å². The second kappa shape index (κ2) is 3.10. The zero-order valence-electron chi connectivity index (χ0n) is 5.15. The van der Waals surface area contributed by atoms with Crippen LogP contribution >= 0.6 is 27.5 Å². The molecule has 1 rings (SSSR count). The summed E-state index contributed by atoms with van der Waals surface area (Å²) in [5, 5.41) is 0.417. The van der Waals surface area contributed by atoms with Gasteiger partial charge < -0.3 is 0 Å². The van der Waals surface area contributed by atoms with Crippen LogP contribution in [0.4, 0.5) is 13.2 Å². The number of halogens is 4. The molecule has 0 spiro atoms. The Labute approximate surface area is 73.5 Å². The largest absolute Gasteiger partial charge is 0.434 e. The lowest BCUT2D eigenvalue weighted by Crippen LogP contribution is -2.04. The van der Waals surface area contributed by atoms with Crippen molar-refractivity contribution in [3.63, 3.8) is 0 Å². The summed E-state index contributed by atoms with van der Waals surface area (Å²) in [6, 6.07) is 1.04. The van der Waals surface area contributed by atoms with Crippen LogP contribution in [0.3, 0.4) is 0 Å². The first-order valence-corrected chi connectivity index (χ1v) is 4.52. The van der Waals surface area contributed by atoms with Gasteiger partial charge in [0.25, 0.3) is 0 Å². The zero-order valence-corrected chi connectivity index (χ0v) is 7.55. The van der Waals surface area contributed by atoms with Gasteiger partial charge in [-0.1, -0.05) is 15.9 Å². The molecule has 1 aromatic heterocycles. The normalized spacial score (nSPS) is 12.0. The van der Waals surface area contributed by atoms with Crippen LogP contribution in [-0.4, -0.2) is 4.37 Å². The topological polar surface area (TPSA) is 12.9 Å². The van der Waals surface area contributed by atoms with Crippen LogP contribution < -0.4 is 0 Å². The average molecular weight is 246 g/mol. The Morgan fingerprint density at radius 2 is 2.18 bits per heavy atom. The first kappa shape index (κ1) is 8.99. The molecule has 0 saturated carbocycles. The molecule has 0 unspecified atom stereocenters. The summed E-state index contributed by atoms with van der Waals surface area (Å²) < 4.78 is 38.8. The lowest BCUT2D eigenvalue weighted by atomic mass is 10.4. The molecule has 62 valence electrons. The number of hydrogen-bond acceptors (Lipinski definition) is 2. The van der Waals surface area contributed by atoms with E-state index in [4.69, 9.17) is 0 Å². The lowest BCUT2D eigenvalue weighted by molar-refractivity contribution is -0.140. The fourth-order valence-electron chi connectivity index (χ4n) is 0.510. The van der Waals surface area contributed by atoms with Crippen molar-refractivity contribution in [2.24, 2.45) is 0 Å². The summed E-state index contributed by atoms with van der Waals surface area (Å²) in [6.45, 7) is 0. The van der Waals surface area contributed by atoms with Crippen LogP contribution in [0.15, 0.2) is 6.07 Å². The molecule has 0 saturated heterocycles. The molecule has 0 atom stereocenters. The summed E-state index contributed by atoms with van der Waals surface area (Å²) in [6.07, 6.45) is -4.31. The molecule has 0 aliphatic carbocycles. The van der Waals surface area contributed by atoms with Crippen molar-refractivity contribution in [3.8, 4) is 0 Å². The van der Waals surface area contributed by atoms with E-state index in [0.29, 0.717) is 10.2 Å². The Bertz CT molecular complexity index is 244. The van der Waals surface area contributed by atoms with Crippen LogP contribution in [0.25, 0.3) is 0 Å². The predicted octanol–water partition coefficient (Wildman–Crippen LogP) is 3.06. The molecule has 1 aromatic rings. The molecule has 0 N–H and O–H groups in total. The van der Waals surface area contributed by atoms with Gasteiger partial charge in [-0.15, -0.1) is 0 Å². The van der Waals surface area contributed by atoms with Crippen molar-refractivity contribution >= 4 is 27.5 Å². The van der Waals surface area contributed by atoms with Gasteiger partial charge >= 0.3 is 6.18 Å². The highest BCUT2D eigenvalue weighted by Crippen LogP contribution is 2.30. The molecule has 0 aliphatic heterocycles. The third-order valence-corrected chi connectivity index (χ3v) is 2.74. The molecule has 11 heavy (non-hydrogen) atoms. The maximum Gasteiger partial charge on any atom is 0.434 e. The predicted molar refractivity (Wildman–Crippen MR) is 39.7 cm³/mol. The summed E-state index contributed by atoms with van der Waals surface area (Å²) in [7, 11) is 0. The summed E-state index contributed by atoms with van der Waals surface area (Å²) in [5.74, 6) is 0. The fourth-order valence-corrected chi connectivity index (χ4v) is 1.56. The molecule has 0 radical (unpaired) electrons. The fraction of sp³-hybridized carbons (Fsp3) is 0.400. The van der Waals surface area contributed by atoms with Crippen LogP contribution in [0, 0.1) is 0 Å². The van der Waals surface area contributed by atoms with E-state index in [1.54, 1.807) is 0 Å². The Morgan fingerprint density at radius 3 is 2.45 bits per heavy atom. The van der Waals surface area contributed by atoms with Crippen LogP contribution in [0.1, 0.15) is 10.6 Å². The van der Waals surface area contributed by atoms with E-state index in [1.165, 1.54) is 0 Å². The van der Waals surface area contributed by atoms with Crippen molar-refractivity contribution < 1.29 is 13.2 Å². The molecule has 6 heteroatoms. The lowest BCUT2D eigenvalue weighted by Gasteiger charge is -1.98. The number of rotatable bonds is 1. The van der Waals surface area contributed by atoms with Crippen LogP contribution in [-0.2, 0) is 11.5 Å². The first-order valence-electron chi connectivity index (χ1n) is 2.63. The van der Waals surface area contributed by atoms with Gasteiger partial charge in [0.15, 0.2) is 5.69 Å². The molecular weight excluding hydrogens is 243 g/mol. The highest BCUT2D eigenvalue weighted by molar-refractivity contribution is 9.08. The third kappa shape index (κ3) is 2.16. The van der Waals surface area contributed by atoms with E-state index in [-0.39, 0.29) is 0 Å². The summed E-state index contributed by atoms with van der Waals surface area (Å²) in [5.41, 5.74) is -0.808. The SMILES string of the molecule is FC(F)(F)c1cc(CBr)sn1. The van der Waals surface area contributed by atoms with Gasteiger partial charge in [-0.05, 0) is 17.6 Å². The van der Waals surface area contributed by atoms with E-state index >= 15 is 0 Å². The molecule has 0 fully saturated rings. The minimum atomic E-state index is -4.31. The van der Waals surface area contributed by atoms with Gasteiger partial charge in [-0.25, -0.2) is 0 Å². The summed E-state index contributed by atoms with van der Waals surface area (Å²) in [4.78, 5) is 0.581. The summed E-state index contributed by atoms with van der Waals surface area (Å²) >= 11 is 3.90. The Morgan fingerprint density at radius 1 is 1.55 bits per heavy atom. The Balaban J connectivity index is 2.89. The third-order valence-electron chi connectivity index (χ3n) is 0.981. The molecule has 0 amide bonds. The van der Waals surface area contributed by atoms with Gasteiger partial charge in [0.05, 0.1) is 0 Å².